The second kappa shape index (κ2) is 10.6. The summed E-state index contributed by atoms with van der Waals surface area (Å²) in [6.45, 7) is 15.5. The van der Waals surface area contributed by atoms with Crippen molar-refractivity contribution in [3.8, 4) is 0 Å². The number of methoxy groups -OCH3 is 1. The van der Waals surface area contributed by atoms with Crippen molar-refractivity contribution in [1.82, 2.24) is 4.31 Å². The predicted octanol–water partition coefficient (Wildman–Crippen LogP) is 5.59. The molecule has 1 aliphatic heterocycles. The molecule has 1 heterocycles. The van der Waals surface area contributed by atoms with Gasteiger partial charge in [0.25, 0.3) is 0 Å². The molecule has 1 aromatic rings. The Morgan fingerprint density at radius 2 is 1.73 bits per heavy atom. The number of hydrogen-bond acceptors (Lipinski definition) is 7. The molecule has 3 fully saturated rings. The van der Waals surface area contributed by atoms with Gasteiger partial charge in [0, 0.05) is 23.9 Å². The van der Waals surface area contributed by atoms with Crippen molar-refractivity contribution in [1.29, 1.82) is 0 Å². The van der Waals surface area contributed by atoms with Crippen molar-refractivity contribution >= 4 is 22.0 Å². The summed E-state index contributed by atoms with van der Waals surface area (Å²) in [5.74, 6) is -2.48. The number of esters is 2. The SMILES string of the molecule is CCC[C@](CC(=O)OC)(c1ccccc1)[C@@]1(C)O[C@@]2(C[C@H]3CC[C@]2(CS(=O)(=O)N(C(C)C)C(C)C)C3(C)C)OC1=O. The number of carbonyl (C=O) groups excluding carboxylic acids is 2. The second-order valence-corrected chi connectivity index (χ2v) is 15.6. The highest BCUT2D eigenvalue weighted by molar-refractivity contribution is 7.89. The molecule has 0 unspecified atom stereocenters. The van der Waals surface area contributed by atoms with Crippen LogP contribution in [-0.4, -0.2) is 61.0 Å². The molecule has 1 aromatic carbocycles. The fourth-order valence-corrected chi connectivity index (χ4v) is 11.6. The van der Waals surface area contributed by atoms with Crippen LogP contribution in [0.5, 0.6) is 0 Å². The molecule has 2 aliphatic carbocycles. The number of benzene rings is 1. The van der Waals surface area contributed by atoms with Gasteiger partial charge in [-0.25, -0.2) is 13.2 Å². The average Bonchev–Trinajstić information content (AvgIpc) is 3.34. The van der Waals surface area contributed by atoms with Crippen molar-refractivity contribution in [3.05, 3.63) is 35.9 Å². The number of nitrogens with zero attached hydrogens (tertiary/aromatic N) is 1. The van der Waals surface area contributed by atoms with Crippen molar-refractivity contribution in [2.75, 3.05) is 12.9 Å². The Hall–Kier alpha value is -1.97. The van der Waals surface area contributed by atoms with Crippen LogP contribution in [0.15, 0.2) is 30.3 Å². The number of fused-ring (bicyclic) bond motifs is 3. The monoisotopic (exact) mass is 591 g/mol. The van der Waals surface area contributed by atoms with Gasteiger partial charge in [0.2, 0.25) is 15.8 Å². The van der Waals surface area contributed by atoms with Gasteiger partial charge in [-0.15, -0.1) is 0 Å². The number of carbonyl (C=O) groups is 2. The molecule has 0 N–H and O–H groups in total. The van der Waals surface area contributed by atoms with Crippen LogP contribution in [0.3, 0.4) is 0 Å². The van der Waals surface area contributed by atoms with E-state index >= 15 is 0 Å². The molecular weight excluding hydrogens is 542 g/mol. The lowest BCUT2D eigenvalue weighted by Gasteiger charge is -2.49. The lowest BCUT2D eigenvalue weighted by Crippen LogP contribution is -2.60. The summed E-state index contributed by atoms with van der Waals surface area (Å²) >= 11 is 0. The van der Waals surface area contributed by atoms with Gasteiger partial charge >= 0.3 is 11.9 Å². The lowest BCUT2D eigenvalue weighted by atomic mass is 9.63. The Labute approximate surface area is 246 Å². The van der Waals surface area contributed by atoms with Gasteiger partial charge in [-0.1, -0.05) is 57.5 Å². The van der Waals surface area contributed by atoms with Crippen LogP contribution in [0.2, 0.25) is 0 Å². The molecule has 4 rings (SSSR count). The molecule has 9 heteroatoms. The Morgan fingerprint density at radius 3 is 2.24 bits per heavy atom. The minimum absolute atomic E-state index is 0.0738. The predicted molar refractivity (Wildman–Crippen MR) is 157 cm³/mol. The number of ether oxygens (including phenoxy) is 3. The molecule has 1 saturated heterocycles. The maximum atomic E-state index is 14.3. The summed E-state index contributed by atoms with van der Waals surface area (Å²) in [7, 11) is -2.43. The molecular formula is C32H49NO7S. The number of rotatable bonds is 11. The maximum Gasteiger partial charge on any atom is 0.341 e. The zero-order valence-electron chi connectivity index (χ0n) is 26.3. The van der Waals surface area contributed by atoms with Crippen molar-refractivity contribution in [3.63, 3.8) is 0 Å². The largest absolute Gasteiger partial charge is 0.469 e. The van der Waals surface area contributed by atoms with Gasteiger partial charge in [0.05, 0.1) is 24.7 Å². The summed E-state index contributed by atoms with van der Waals surface area (Å²) in [4.78, 5) is 27.3. The molecule has 0 radical (unpaired) electrons. The molecule has 2 bridgehead atoms. The summed E-state index contributed by atoms with van der Waals surface area (Å²) in [6, 6.07) is 9.06. The maximum absolute atomic E-state index is 14.3. The molecule has 0 aromatic heterocycles. The van der Waals surface area contributed by atoms with E-state index in [-0.39, 0.29) is 30.2 Å². The van der Waals surface area contributed by atoms with Crippen LogP contribution in [-0.2, 0) is 39.2 Å². The van der Waals surface area contributed by atoms with E-state index in [0.29, 0.717) is 25.7 Å². The van der Waals surface area contributed by atoms with Crippen LogP contribution >= 0.6 is 0 Å². The first-order valence-corrected chi connectivity index (χ1v) is 16.7. The zero-order chi connectivity index (χ0) is 30.6. The van der Waals surface area contributed by atoms with Crippen LogP contribution in [0, 0.1) is 16.7 Å². The quantitative estimate of drug-likeness (QED) is 0.309. The van der Waals surface area contributed by atoms with E-state index in [1.165, 1.54) is 7.11 Å². The first-order chi connectivity index (χ1) is 19.0. The molecule has 3 aliphatic rings. The van der Waals surface area contributed by atoms with E-state index in [1.54, 1.807) is 11.2 Å². The van der Waals surface area contributed by atoms with Gasteiger partial charge < -0.3 is 14.2 Å². The van der Waals surface area contributed by atoms with Gasteiger partial charge in [-0.05, 0) is 70.8 Å². The van der Waals surface area contributed by atoms with Crippen LogP contribution in [0.25, 0.3) is 0 Å². The molecule has 8 nitrogen and oxygen atoms in total. The Morgan fingerprint density at radius 1 is 1.12 bits per heavy atom. The number of hydrogen-bond donors (Lipinski definition) is 0. The second-order valence-electron chi connectivity index (χ2n) is 13.7. The van der Waals surface area contributed by atoms with Crippen molar-refractivity contribution in [2.24, 2.45) is 16.7 Å². The van der Waals surface area contributed by atoms with Crippen LogP contribution < -0.4 is 0 Å². The Balaban J connectivity index is 1.89. The molecule has 2 saturated carbocycles. The highest BCUT2D eigenvalue weighted by Crippen LogP contribution is 2.74. The van der Waals surface area contributed by atoms with Gasteiger partial charge in [0.15, 0.2) is 5.60 Å². The van der Waals surface area contributed by atoms with E-state index in [4.69, 9.17) is 14.2 Å². The highest BCUT2D eigenvalue weighted by atomic mass is 32.2. The summed E-state index contributed by atoms with van der Waals surface area (Å²) in [5, 5.41) is 0. The first kappa shape index (κ1) is 32.0. The van der Waals surface area contributed by atoms with Crippen molar-refractivity contribution in [2.45, 2.75) is 123 Å². The molecule has 5 atom stereocenters. The van der Waals surface area contributed by atoms with Crippen molar-refractivity contribution < 1.29 is 32.2 Å². The third kappa shape index (κ3) is 4.56. The summed E-state index contributed by atoms with van der Waals surface area (Å²) in [6.07, 6.45) is 2.91. The zero-order valence-corrected chi connectivity index (χ0v) is 27.1. The Bertz CT molecular complexity index is 1250. The molecule has 0 amide bonds. The van der Waals surface area contributed by atoms with Crippen LogP contribution in [0.1, 0.15) is 99.5 Å². The fraction of sp³-hybridized carbons (Fsp3) is 0.750. The number of sulfonamides is 1. The van der Waals surface area contributed by atoms with Gasteiger partial charge in [0.1, 0.15) is 0 Å². The van der Waals surface area contributed by atoms with Crippen LogP contribution in [0.4, 0.5) is 0 Å². The third-order valence-electron chi connectivity index (χ3n) is 10.8. The molecule has 41 heavy (non-hydrogen) atoms. The van der Waals surface area contributed by atoms with E-state index < -0.39 is 49.6 Å². The average molecular weight is 592 g/mol. The van der Waals surface area contributed by atoms with E-state index in [1.807, 2.05) is 65.0 Å². The highest BCUT2D eigenvalue weighted by Gasteiger charge is 2.81. The smallest absolute Gasteiger partial charge is 0.341 e. The Kier molecular flexibility index (Phi) is 8.29. The minimum atomic E-state index is -3.77. The van der Waals surface area contributed by atoms with Gasteiger partial charge in [-0.3, -0.25) is 4.79 Å². The van der Waals surface area contributed by atoms with E-state index in [2.05, 4.69) is 13.8 Å². The van der Waals surface area contributed by atoms with Gasteiger partial charge in [-0.2, -0.15) is 4.31 Å². The summed E-state index contributed by atoms with van der Waals surface area (Å²) < 4.78 is 48.6. The summed E-state index contributed by atoms with van der Waals surface area (Å²) in [5.41, 5.74) is -3.26. The first-order valence-electron chi connectivity index (χ1n) is 15.1. The fourth-order valence-electron chi connectivity index (χ4n) is 8.78. The van der Waals surface area contributed by atoms with E-state index in [0.717, 1.165) is 12.0 Å². The molecule has 1 spiro atoms. The van der Waals surface area contributed by atoms with E-state index in [9.17, 15) is 18.0 Å². The normalized spacial score (nSPS) is 32.2. The standard InChI is InChI=1S/C32H49NO7S/c1-10-17-30(20-26(34)38-9,24-14-12-11-13-15-24)29(8)27(35)39-32(40-29)19-25-16-18-31(32,28(25,6)7)21-41(36,37)33(22(2)3)23(4)5/h11-15,22-23,25H,10,16-21H2,1-9H3/t25-,29+,30+,31+,32-/m1/s1. The molecule has 230 valence electrons. The topological polar surface area (TPSA) is 99.2 Å². The third-order valence-corrected chi connectivity index (χ3v) is 13.1. The minimum Gasteiger partial charge on any atom is -0.469 e. The lowest BCUT2D eigenvalue weighted by molar-refractivity contribution is -0.262.